The van der Waals surface area contributed by atoms with Crippen molar-refractivity contribution >= 4 is 11.5 Å². The van der Waals surface area contributed by atoms with Crippen LogP contribution in [0.3, 0.4) is 0 Å². The number of rotatable bonds is 1. The Bertz CT molecular complexity index is 258. The van der Waals surface area contributed by atoms with E-state index in [-0.39, 0.29) is 6.10 Å². The highest BCUT2D eigenvalue weighted by Crippen LogP contribution is 2.38. The van der Waals surface area contributed by atoms with Crippen molar-refractivity contribution in [1.82, 2.24) is 4.37 Å². The van der Waals surface area contributed by atoms with Crippen LogP contribution in [0, 0.1) is 6.92 Å². The number of hydrogen-bond donors (Lipinski definition) is 1. The largest absolute Gasteiger partial charge is 0.392 e. The van der Waals surface area contributed by atoms with Crippen LogP contribution in [0.5, 0.6) is 0 Å². The molecule has 1 heterocycles. The molecule has 0 spiro atoms. The number of nitrogens with zero attached hydrogens (tertiary/aromatic N) is 1. The molecule has 1 N–H and O–H groups in total. The zero-order valence-corrected chi connectivity index (χ0v) is 7.27. The summed E-state index contributed by atoms with van der Waals surface area (Å²) in [4.78, 5) is 1.25. The van der Waals surface area contributed by atoms with E-state index in [1.54, 1.807) is 0 Å². The molecule has 0 bridgehead atoms. The molecule has 0 saturated heterocycles. The van der Waals surface area contributed by atoms with Gasteiger partial charge >= 0.3 is 0 Å². The van der Waals surface area contributed by atoms with E-state index < -0.39 is 0 Å². The maximum atomic E-state index is 9.35. The number of aromatic nitrogens is 1. The molecule has 1 saturated carbocycles. The SMILES string of the molecule is Cc1cc(C2CCC2O)sn1. The molecule has 1 aromatic rings. The van der Waals surface area contributed by atoms with E-state index >= 15 is 0 Å². The van der Waals surface area contributed by atoms with Crippen molar-refractivity contribution in [3.05, 3.63) is 16.6 Å². The van der Waals surface area contributed by atoms with Crippen molar-refractivity contribution in [2.75, 3.05) is 0 Å². The minimum Gasteiger partial charge on any atom is -0.392 e. The maximum Gasteiger partial charge on any atom is 0.0617 e. The Morgan fingerprint density at radius 2 is 2.45 bits per heavy atom. The fourth-order valence-corrected chi connectivity index (χ4v) is 2.31. The molecule has 1 fully saturated rings. The second-order valence-corrected chi connectivity index (χ2v) is 3.96. The molecule has 60 valence electrons. The summed E-state index contributed by atoms with van der Waals surface area (Å²) in [6.45, 7) is 1.99. The van der Waals surface area contributed by atoms with Gasteiger partial charge in [0, 0.05) is 10.8 Å². The van der Waals surface area contributed by atoms with E-state index in [1.165, 1.54) is 16.4 Å². The summed E-state index contributed by atoms with van der Waals surface area (Å²) < 4.78 is 4.18. The average Bonchev–Trinajstić information content (AvgIpc) is 2.33. The van der Waals surface area contributed by atoms with Gasteiger partial charge in [-0.1, -0.05) is 0 Å². The number of aliphatic hydroxyl groups is 1. The Morgan fingerprint density at radius 3 is 2.82 bits per heavy atom. The van der Waals surface area contributed by atoms with Crippen molar-refractivity contribution < 1.29 is 5.11 Å². The predicted molar refractivity (Wildman–Crippen MR) is 44.8 cm³/mol. The van der Waals surface area contributed by atoms with E-state index in [0.29, 0.717) is 5.92 Å². The van der Waals surface area contributed by atoms with Crippen LogP contribution in [0.4, 0.5) is 0 Å². The van der Waals surface area contributed by atoms with Gasteiger partial charge in [0.1, 0.15) is 0 Å². The van der Waals surface area contributed by atoms with Crippen molar-refractivity contribution in [2.45, 2.75) is 31.8 Å². The van der Waals surface area contributed by atoms with Crippen LogP contribution in [0.1, 0.15) is 29.3 Å². The van der Waals surface area contributed by atoms with E-state index in [0.717, 1.165) is 18.5 Å². The van der Waals surface area contributed by atoms with Crippen molar-refractivity contribution in [2.24, 2.45) is 0 Å². The van der Waals surface area contributed by atoms with Crippen molar-refractivity contribution in [3.63, 3.8) is 0 Å². The van der Waals surface area contributed by atoms with Gasteiger partial charge in [0.2, 0.25) is 0 Å². The zero-order valence-electron chi connectivity index (χ0n) is 6.45. The number of aliphatic hydroxyl groups excluding tert-OH is 1. The van der Waals surface area contributed by atoms with Crippen molar-refractivity contribution in [3.8, 4) is 0 Å². The highest BCUT2D eigenvalue weighted by Gasteiger charge is 2.31. The molecule has 1 aromatic heterocycles. The van der Waals surface area contributed by atoms with Gasteiger partial charge in [0.15, 0.2) is 0 Å². The lowest BCUT2D eigenvalue weighted by atomic mass is 9.81. The summed E-state index contributed by atoms with van der Waals surface area (Å²) in [6, 6.07) is 2.08. The topological polar surface area (TPSA) is 33.1 Å². The molecule has 0 radical (unpaired) electrons. The Labute approximate surface area is 70.0 Å². The third kappa shape index (κ3) is 1.19. The summed E-state index contributed by atoms with van der Waals surface area (Å²) in [6.07, 6.45) is 1.99. The van der Waals surface area contributed by atoms with Gasteiger partial charge in [-0.3, -0.25) is 0 Å². The molecule has 3 heteroatoms. The lowest BCUT2D eigenvalue weighted by molar-refractivity contribution is 0.0677. The van der Waals surface area contributed by atoms with Crippen molar-refractivity contribution in [1.29, 1.82) is 0 Å². The van der Waals surface area contributed by atoms with Gasteiger partial charge in [0.05, 0.1) is 11.8 Å². The monoisotopic (exact) mass is 169 g/mol. The first-order valence-corrected chi connectivity index (χ1v) is 4.66. The van der Waals surface area contributed by atoms with Crippen LogP contribution in [-0.4, -0.2) is 15.6 Å². The van der Waals surface area contributed by atoms with Crippen LogP contribution in [-0.2, 0) is 0 Å². The third-order valence-electron chi connectivity index (χ3n) is 2.25. The summed E-state index contributed by atoms with van der Waals surface area (Å²) in [5, 5.41) is 9.35. The number of hydrogen-bond acceptors (Lipinski definition) is 3. The maximum absolute atomic E-state index is 9.35. The van der Waals surface area contributed by atoms with Crippen LogP contribution >= 0.6 is 11.5 Å². The number of aryl methyl sites for hydroxylation is 1. The van der Waals surface area contributed by atoms with Gasteiger partial charge in [-0.15, -0.1) is 0 Å². The lowest BCUT2D eigenvalue weighted by Crippen LogP contribution is -2.28. The van der Waals surface area contributed by atoms with Crippen LogP contribution < -0.4 is 0 Å². The van der Waals surface area contributed by atoms with Crippen LogP contribution in [0.25, 0.3) is 0 Å². The molecular weight excluding hydrogens is 158 g/mol. The second kappa shape index (κ2) is 2.57. The molecular formula is C8H11NOS. The van der Waals surface area contributed by atoms with E-state index in [1.807, 2.05) is 6.92 Å². The molecule has 0 aliphatic heterocycles. The molecule has 0 amide bonds. The fraction of sp³-hybridized carbons (Fsp3) is 0.625. The smallest absolute Gasteiger partial charge is 0.0617 e. The fourth-order valence-electron chi connectivity index (χ4n) is 1.37. The van der Waals surface area contributed by atoms with E-state index in [9.17, 15) is 5.11 Å². The first-order chi connectivity index (χ1) is 5.27. The van der Waals surface area contributed by atoms with E-state index in [4.69, 9.17) is 0 Å². The molecule has 2 nitrogen and oxygen atoms in total. The standard InChI is InChI=1S/C8H11NOS/c1-5-4-8(11-9-5)6-2-3-7(6)10/h4,6-7,10H,2-3H2,1H3. The molecule has 0 aromatic carbocycles. The van der Waals surface area contributed by atoms with Crippen LogP contribution in [0.15, 0.2) is 6.07 Å². The van der Waals surface area contributed by atoms with Gasteiger partial charge in [0.25, 0.3) is 0 Å². The van der Waals surface area contributed by atoms with E-state index in [2.05, 4.69) is 10.4 Å². The van der Waals surface area contributed by atoms with Crippen LogP contribution in [0.2, 0.25) is 0 Å². The highest BCUT2D eigenvalue weighted by atomic mass is 32.1. The van der Waals surface area contributed by atoms with Gasteiger partial charge in [-0.2, -0.15) is 4.37 Å². The van der Waals surface area contributed by atoms with Gasteiger partial charge in [-0.25, -0.2) is 0 Å². The zero-order chi connectivity index (χ0) is 7.84. The van der Waals surface area contributed by atoms with Gasteiger partial charge < -0.3 is 5.11 Å². The Hall–Kier alpha value is -0.410. The molecule has 2 unspecified atom stereocenters. The Balaban J connectivity index is 2.16. The molecule has 2 atom stereocenters. The first-order valence-electron chi connectivity index (χ1n) is 3.88. The molecule has 2 rings (SSSR count). The molecule has 1 aliphatic rings. The molecule has 11 heavy (non-hydrogen) atoms. The lowest BCUT2D eigenvalue weighted by Gasteiger charge is -2.30. The normalized spacial score (nSPS) is 30.0. The minimum absolute atomic E-state index is 0.102. The quantitative estimate of drug-likeness (QED) is 0.694. The third-order valence-corrected chi connectivity index (χ3v) is 3.26. The average molecular weight is 169 g/mol. The first kappa shape index (κ1) is 7.25. The summed E-state index contributed by atoms with van der Waals surface area (Å²) in [5.74, 6) is 0.390. The Kier molecular flexibility index (Phi) is 1.69. The summed E-state index contributed by atoms with van der Waals surface area (Å²) >= 11 is 1.53. The summed E-state index contributed by atoms with van der Waals surface area (Å²) in [5.41, 5.74) is 1.07. The highest BCUT2D eigenvalue weighted by molar-refractivity contribution is 7.05. The summed E-state index contributed by atoms with van der Waals surface area (Å²) in [7, 11) is 0. The predicted octanol–water partition coefficient (Wildman–Crippen LogP) is 1.69. The van der Waals surface area contributed by atoms with Gasteiger partial charge in [-0.05, 0) is 37.4 Å². The molecule has 1 aliphatic carbocycles. The minimum atomic E-state index is -0.102. The Morgan fingerprint density at radius 1 is 1.64 bits per heavy atom. The second-order valence-electron chi connectivity index (χ2n) is 3.12.